The molecule has 0 bridgehead atoms. The molecule has 0 rings (SSSR count). The first-order valence-corrected chi connectivity index (χ1v) is 4.56. The molecule has 0 aliphatic carbocycles. The van der Waals surface area contributed by atoms with Gasteiger partial charge in [0.05, 0.1) is 6.42 Å². The quantitative estimate of drug-likeness (QED) is 0.680. The van der Waals surface area contributed by atoms with Gasteiger partial charge in [-0.25, -0.2) is 8.78 Å². The molecule has 1 atom stereocenters. The number of nitrogens with two attached hydrogens (primary N) is 1. The summed E-state index contributed by atoms with van der Waals surface area (Å²) in [4.78, 5) is 10.5. The van der Waals surface area contributed by atoms with Gasteiger partial charge in [0.1, 0.15) is 12.0 Å². The van der Waals surface area contributed by atoms with E-state index in [4.69, 9.17) is 5.73 Å². The fourth-order valence-electron chi connectivity index (χ4n) is 0.894. The average molecular weight is 215 g/mol. The number of carbonyl (C=O) groups excluding carboxylic acids is 1. The Kier molecular flexibility index (Phi) is 6.25. The van der Waals surface area contributed by atoms with Crippen LogP contribution in [0, 0.1) is 0 Å². The molecule has 15 heavy (non-hydrogen) atoms. The number of amides is 1. The molecule has 0 radical (unpaired) electrons. The molecule has 2 nitrogen and oxygen atoms in total. The molecular weight excluding hydrogens is 200 g/mol. The largest absolute Gasteiger partial charge is 0.369 e. The number of primary amides is 1. The van der Waals surface area contributed by atoms with Crippen molar-refractivity contribution in [2.45, 2.75) is 25.9 Å². The topological polar surface area (TPSA) is 43.1 Å². The van der Waals surface area contributed by atoms with Crippen LogP contribution in [-0.4, -0.2) is 12.1 Å². The van der Waals surface area contributed by atoms with E-state index in [-0.39, 0.29) is 12.8 Å². The molecule has 0 heterocycles. The number of rotatable bonds is 6. The molecule has 1 unspecified atom stereocenters. The van der Waals surface area contributed by atoms with Gasteiger partial charge in [-0.15, -0.1) is 0 Å². The summed E-state index contributed by atoms with van der Waals surface area (Å²) in [5.74, 6) is -1.15. The zero-order valence-corrected chi connectivity index (χ0v) is 8.67. The third kappa shape index (κ3) is 7.61. The van der Waals surface area contributed by atoms with Gasteiger partial charge in [-0.2, -0.15) is 0 Å². The van der Waals surface area contributed by atoms with Crippen LogP contribution in [0.3, 0.4) is 0 Å². The van der Waals surface area contributed by atoms with Gasteiger partial charge in [0, 0.05) is 0 Å². The van der Waals surface area contributed by atoms with E-state index in [2.05, 4.69) is 6.58 Å². The van der Waals surface area contributed by atoms with E-state index in [0.29, 0.717) is 5.57 Å². The minimum absolute atomic E-state index is 0.00330. The molecule has 0 aromatic rings. The first-order valence-electron chi connectivity index (χ1n) is 4.56. The van der Waals surface area contributed by atoms with E-state index in [1.807, 2.05) is 0 Å². The molecule has 0 aliphatic heterocycles. The molecule has 4 heteroatoms. The second-order valence-corrected chi connectivity index (χ2v) is 3.17. The molecule has 0 aromatic carbocycles. The summed E-state index contributed by atoms with van der Waals surface area (Å²) in [6.07, 6.45) is 2.43. The first kappa shape index (κ1) is 13.5. The van der Waals surface area contributed by atoms with Gasteiger partial charge >= 0.3 is 0 Å². The molecule has 0 fully saturated rings. The number of halogens is 2. The van der Waals surface area contributed by atoms with Crippen molar-refractivity contribution < 1.29 is 13.6 Å². The second kappa shape index (κ2) is 6.92. The predicted octanol–water partition coefficient (Wildman–Crippen LogP) is 2.58. The smallest absolute Gasteiger partial charge is 0.221 e. The van der Waals surface area contributed by atoms with Crippen molar-refractivity contribution in [1.82, 2.24) is 0 Å². The lowest BCUT2D eigenvalue weighted by Gasteiger charge is -1.98. The molecular formula is C11H15F2NO. The lowest BCUT2D eigenvalue weighted by Crippen LogP contribution is -2.10. The fraction of sp³-hybridized carbons (Fsp3) is 0.364. The molecule has 84 valence electrons. The van der Waals surface area contributed by atoms with Crippen molar-refractivity contribution in [3.63, 3.8) is 0 Å². The van der Waals surface area contributed by atoms with E-state index < -0.39 is 17.9 Å². The van der Waals surface area contributed by atoms with Gasteiger partial charge in [0.15, 0.2) is 0 Å². The van der Waals surface area contributed by atoms with E-state index in [9.17, 15) is 13.6 Å². The summed E-state index contributed by atoms with van der Waals surface area (Å²) in [6, 6.07) is 0. The Bertz CT molecular complexity index is 293. The Labute approximate surface area is 88.2 Å². The summed E-state index contributed by atoms with van der Waals surface area (Å²) in [6.45, 7) is 4.76. The van der Waals surface area contributed by atoms with Crippen molar-refractivity contribution in [3.8, 4) is 0 Å². The van der Waals surface area contributed by atoms with Crippen molar-refractivity contribution in [1.29, 1.82) is 0 Å². The van der Waals surface area contributed by atoms with Gasteiger partial charge in [-0.1, -0.05) is 12.7 Å². The van der Waals surface area contributed by atoms with Crippen LogP contribution in [0.15, 0.2) is 36.2 Å². The maximum absolute atomic E-state index is 13.1. The average Bonchev–Trinajstić information content (AvgIpc) is 2.13. The van der Waals surface area contributed by atoms with Crippen LogP contribution in [-0.2, 0) is 4.79 Å². The van der Waals surface area contributed by atoms with E-state index in [1.54, 1.807) is 0 Å². The SMILES string of the molecule is C=C/C(=C\C(F)=C/CC(C)F)CC(N)=O. The summed E-state index contributed by atoms with van der Waals surface area (Å²) in [5.41, 5.74) is 5.31. The summed E-state index contributed by atoms with van der Waals surface area (Å²) >= 11 is 0. The maximum atomic E-state index is 13.1. The predicted molar refractivity (Wildman–Crippen MR) is 56.5 cm³/mol. The van der Waals surface area contributed by atoms with Gasteiger partial charge in [0.2, 0.25) is 5.91 Å². The van der Waals surface area contributed by atoms with E-state index in [0.717, 1.165) is 12.2 Å². The highest BCUT2D eigenvalue weighted by Crippen LogP contribution is 2.10. The zero-order chi connectivity index (χ0) is 11.8. The van der Waals surface area contributed by atoms with Crippen molar-refractivity contribution >= 4 is 5.91 Å². The molecule has 0 spiro atoms. The number of hydrogen-bond donors (Lipinski definition) is 1. The van der Waals surface area contributed by atoms with Crippen LogP contribution < -0.4 is 5.73 Å². The molecule has 0 saturated heterocycles. The number of carbonyl (C=O) groups is 1. The van der Waals surface area contributed by atoms with Crippen LogP contribution in [0.4, 0.5) is 8.78 Å². The van der Waals surface area contributed by atoms with Crippen molar-refractivity contribution in [2.75, 3.05) is 0 Å². The van der Waals surface area contributed by atoms with Crippen LogP contribution in [0.25, 0.3) is 0 Å². The van der Waals surface area contributed by atoms with Crippen molar-refractivity contribution in [3.05, 3.63) is 36.2 Å². The van der Waals surface area contributed by atoms with Crippen LogP contribution in [0.2, 0.25) is 0 Å². The Morgan fingerprint density at radius 2 is 2.20 bits per heavy atom. The Hall–Kier alpha value is -1.45. The zero-order valence-electron chi connectivity index (χ0n) is 8.67. The van der Waals surface area contributed by atoms with E-state index in [1.165, 1.54) is 13.0 Å². The molecule has 2 N–H and O–H groups in total. The second-order valence-electron chi connectivity index (χ2n) is 3.17. The number of alkyl halides is 1. The van der Waals surface area contributed by atoms with Crippen LogP contribution in [0.1, 0.15) is 19.8 Å². The third-order valence-corrected chi connectivity index (χ3v) is 1.60. The highest BCUT2D eigenvalue weighted by atomic mass is 19.1. The third-order valence-electron chi connectivity index (χ3n) is 1.60. The van der Waals surface area contributed by atoms with E-state index >= 15 is 0 Å². The van der Waals surface area contributed by atoms with Gasteiger partial charge in [-0.3, -0.25) is 4.79 Å². The number of allylic oxidation sites excluding steroid dienone is 4. The molecule has 1 amide bonds. The minimum atomic E-state index is -1.09. The summed E-state index contributed by atoms with van der Waals surface area (Å²) < 4.78 is 25.4. The van der Waals surface area contributed by atoms with Crippen molar-refractivity contribution in [2.24, 2.45) is 5.73 Å². The lowest BCUT2D eigenvalue weighted by molar-refractivity contribution is -0.117. The summed E-state index contributed by atoms with van der Waals surface area (Å²) in [5, 5.41) is 0. The maximum Gasteiger partial charge on any atom is 0.221 e. The molecule has 0 aliphatic rings. The normalized spacial score (nSPS) is 14.9. The monoisotopic (exact) mass is 215 g/mol. The Morgan fingerprint density at radius 3 is 2.60 bits per heavy atom. The van der Waals surface area contributed by atoms with Gasteiger partial charge in [0.25, 0.3) is 0 Å². The van der Waals surface area contributed by atoms with Crippen LogP contribution in [0.5, 0.6) is 0 Å². The Morgan fingerprint density at radius 1 is 1.60 bits per heavy atom. The number of hydrogen-bond acceptors (Lipinski definition) is 1. The molecule has 0 aromatic heterocycles. The first-order chi connectivity index (χ1) is 6.95. The van der Waals surface area contributed by atoms with Gasteiger partial charge < -0.3 is 5.73 Å². The minimum Gasteiger partial charge on any atom is -0.369 e. The standard InChI is InChI=1S/C11H15F2NO/c1-3-9(7-11(14)15)6-10(13)5-4-8(2)12/h3,5-6,8H,1,4,7H2,2H3,(H2,14,15)/b9-6+,10-5+. The molecule has 0 saturated carbocycles. The fourth-order valence-corrected chi connectivity index (χ4v) is 0.894. The van der Waals surface area contributed by atoms with Crippen LogP contribution >= 0.6 is 0 Å². The highest BCUT2D eigenvalue weighted by molar-refractivity contribution is 5.77. The Balaban J connectivity index is 4.47. The van der Waals surface area contributed by atoms with Gasteiger partial charge in [-0.05, 0) is 31.1 Å². The lowest BCUT2D eigenvalue weighted by atomic mass is 10.1. The summed E-state index contributed by atoms with van der Waals surface area (Å²) in [7, 11) is 0. The highest BCUT2D eigenvalue weighted by Gasteiger charge is 2.00.